The molecule has 0 radical (unpaired) electrons. The molecule has 1 heteroatoms. The van der Waals surface area contributed by atoms with Gasteiger partial charge in [0.05, 0.1) is 0 Å². The Balaban J connectivity index is 2.82. The van der Waals surface area contributed by atoms with Crippen LogP contribution >= 0.6 is 0 Å². The third-order valence-electron chi connectivity index (χ3n) is 3.01. The van der Waals surface area contributed by atoms with E-state index in [4.69, 9.17) is 0 Å². The van der Waals surface area contributed by atoms with Crippen LogP contribution in [0.2, 0.25) is 0 Å². The van der Waals surface area contributed by atoms with Crippen molar-refractivity contribution in [3.8, 4) is 5.75 Å². The highest BCUT2D eigenvalue weighted by Gasteiger charge is 2.10. The zero-order chi connectivity index (χ0) is 12.0. The van der Waals surface area contributed by atoms with Gasteiger partial charge in [-0.05, 0) is 55.4 Å². The molecule has 88 valence electrons. The smallest absolute Gasteiger partial charge is 0.115 e. The molecular weight excluding hydrogens is 196 g/mol. The maximum atomic E-state index is 9.39. The molecule has 0 fully saturated rings. The number of aryl methyl sites for hydroxylation is 1. The van der Waals surface area contributed by atoms with Crippen LogP contribution in [0.4, 0.5) is 0 Å². The Morgan fingerprint density at radius 1 is 1.25 bits per heavy atom. The maximum absolute atomic E-state index is 9.39. The largest absolute Gasteiger partial charge is 0.508 e. The second-order valence-electron chi connectivity index (χ2n) is 4.26. The lowest BCUT2D eigenvalue weighted by Gasteiger charge is -2.16. The first-order valence-electron chi connectivity index (χ1n) is 6.13. The molecule has 1 unspecified atom stereocenters. The summed E-state index contributed by atoms with van der Waals surface area (Å²) in [6.45, 7) is 6.45. The molecule has 1 N–H and O–H groups in total. The van der Waals surface area contributed by atoms with Crippen LogP contribution in [-0.2, 0) is 0 Å². The lowest BCUT2D eigenvalue weighted by Crippen LogP contribution is -1.98. The molecule has 0 spiro atoms. The standard InChI is InChI=1S/C15H22O/c1-4-6-7-8-13(5-2)15-10-9-14(16)11-12(15)3/h6-7,9-11,13,16H,4-5,8H2,1-3H3/b7-6-. The van der Waals surface area contributed by atoms with Crippen LogP contribution in [0.3, 0.4) is 0 Å². The topological polar surface area (TPSA) is 20.2 Å². The van der Waals surface area contributed by atoms with Gasteiger partial charge in [-0.3, -0.25) is 0 Å². The van der Waals surface area contributed by atoms with Crippen LogP contribution < -0.4 is 0 Å². The van der Waals surface area contributed by atoms with Crippen molar-refractivity contribution in [3.05, 3.63) is 41.5 Å². The molecule has 1 rings (SSSR count). The number of phenols is 1. The van der Waals surface area contributed by atoms with E-state index < -0.39 is 0 Å². The van der Waals surface area contributed by atoms with E-state index in [0.717, 1.165) is 19.3 Å². The maximum Gasteiger partial charge on any atom is 0.115 e. The van der Waals surface area contributed by atoms with Crippen molar-refractivity contribution < 1.29 is 5.11 Å². The SMILES string of the molecule is CC/C=C\CC(CC)c1ccc(O)cc1C. The minimum Gasteiger partial charge on any atom is -0.508 e. The number of rotatable bonds is 5. The summed E-state index contributed by atoms with van der Waals surface area (Å²) in [7, 11) is 0. The highest BCUT2D eigenvalue weighted by molar-refractivity contribution is 5.36. The Bertz CT molecular complexity index is 352. The van der Waals surface area contributed by atoms with E-state index in [-0.39, 0.29) is 0 Å². The molecule has 0 heterocycles. The predicted octanol–water partition coefficient (Wildman–Crippen LogP) is 4.55. The molecule has 1 nitrogen and oxygen atoms in total. The Morgan fingerprint density at radius 2 is 2.00 bits per heavy atom. The monoisotopic (exact) mass is 218 g/mol. The van der Waals surface area contributed by atoms with Crippen molar-refractivity contribution in [2.75, 3.05) is 0 Å². The summed E-state index contributed by atoms with van der Waals surface area (Å²) in [6.07, 6.45) is 7.82. The summed E-state index contributed by atoms with van der Waals surface area (Å²) in [5.74, 6) is 0.934. The number of phenolic OH excluding ortho intramolecular Hbond substituents is 1. The normalized spacial score (nSPS) is 13.2. The molecular formula is C15H22O. The molecule has 1 atom stereocenters. The van der Waals surface area contributed by atoms with E-state index in [9.17, 15) is 5.11 Å². The van der Waals surface area contributed by atoms with Crippen molar-refractivity contribution in [1.82, 2.24) is 0 Å². The van der Waals surface area contributed by atoms with Gasteiger partial charge in [0.1, 0.15) is 5.75 Å². The third-order valence-corrected chi connectivity index (χ3v) is 3.01. The molecule has 1 aromatic rings. The van der Waals surface area contributed by atoms with Crippen LogP contribution in [0.5, 0.6) is 5.75 Å². The number of hydrogen-bond acceptors (Lipinski definition) is 1. The van der Waals surface area contributed by atoms with Gasteiger partial charge in [0.25, 0.3) is 0 Å². The summed E-state index contributed by atoms with van der Waals surface area (Å²) >= 11 is 0. The summed E-state index contributed by atoms with van der Waals surface area (Å²) in [5.41, 5.74) is 2.55. The molecule has 0 aromatic heterocycles. The fourth-order valence-corrected chi connectivity index (χ4v) is 2.06. The first-order valence-corrected chi connectivity index (χ1v) is 6.13. The molecule has 16 heavy (non-hydrogen) atoms. The highest BCUT2D eigenvalue weighted by Crippen LogP contribution is 2.28. The summed E-state index contributed by atoms with van der Waals surface area (Å²) in [6, 6.07) is 5.69. The zero-order valence-electron chi connectivity index (χ0n) is 10.5. The molecule has 0 amide bonds. The average Bonchev–Trinajstić information content (AvgIpc) is 2.26. The predicted molar refractivity (Wildman–Crippen MR) is 69.9 cm³/mol. The molecule has 0 aliphatic rings. The van der Waals surface area contributed by atoms with Crippen LogP contribution in [0.1, 0.15) is 50.2 Å². The molecule has 1 aromatic carbocycles. The van der Waals surface area contributed by atoms with Crippen molar-refractivity contribution >= 4 is 0 Å². The van der Waals surface area contributed by atoms with Gasteiger partial charge in [-0.15, -0.1) is 0 Å². The van der Waals surface area contributed by atoms with E-state index in [2.05, 4.69) is 39.0 Å². The van der Waals surface area contributed by atoms with Gasteiger partial charge >= 0.3 is 0 Å². The Labute approximate surface area is 98.8 Å². The quantitative estimate of drug-likeness (QED) is 0.719. The molecule has 0 aliphatic carbocycles. The van der Waals surface area contributed by atoms with E-state index in [1.165, 1.54) is 11.1 Å². The lowest BCUT2D eigenvalue weighted by atomic mass is 9.89. The van der Waals surface area contributed by atoms with Crippen molar-refractivity contribution in [2.45, 2.75) is 46.0 Å². The average molecular weight is 218 g/mol. The highest BCUT2D eigenvalue weighted by atomic mass is 16.3. The van der Waals surface area contributed by atoms with Gasteiger partial charge in [0, 0.05) is 0 Å². The minimum absolute atomic E-state index is 0.361. The van der Waals surface area contributed by atoms with Crippen LogP contribution in [0.25, 0.3) is 0 Å². The van der Waals surface area contributed by atoms with E-state index in [0.29, 0.717) is 11.7 Å². The van der Waals surface area contributed by atoms with Gasteiger partial charge in [0.15, 0.2) is 0 Å². The van der Waals surface area contributed by atoms with Crippen molar-refractivity contribution in [1.29, 1.82) is 0 Å². The first-order chi connectivity index (χ1) is 7.69. The molecule has 0 saturated carbocycles. The minimum atomic E-state index is 0.361. The fourth-order valence-electron chi connectivity index (χ4n) is 2.06. The van der Waals surface area contributed by atoms with Crippen LogP contribution in [0.15, 0.2) is 30.4 Å². The van der Waals surface area contributed by atoms with Crippen molar-refractivity contribution in [3.63, 3.8) is 0 Å². The zero-order valence-corrected chi connectivity index (χ0v) is 10.5. The Kier molecular flexibility index (Phi) is 5.10. The second kappa shape index (κ2) is 6.37. The molecule has 0 aliphatic heterocycles. The number of allylic oxidation sites excluding steroid dienone is 2. The van der Waals surface area contributed by atoms with Gasteiger partial charge < -0.3 is 5.11 Å². The molecule has 0 bridgehead atoms. The summed E-state index contributed by atoms with van der Waals surface area (Å²) in [5, 5.41) is 9.39. The van der Waals surface area contributed by atoms with E-state index in [1.807, 2.05) is 6.07 Å². The summed E-state index contributed by atoms with van der Waals surface area (Å²) in [4.78, 5) is 0. The third kappa shape index (κ3) is 3.41. The Morgan fingerprint density at radius 3 is 2.56 bits per heavy atom. The fraction of sp³-hybridized carbons (Fsp3) is 0.467. The van der Waals surface area contributed by atoms with E-state index >= 15 is 0 Å². The number of benzene rings is 1. The molecule has 0 saturated heterocycles. The van der Waals surface area contributed by atoms with Gasteiger partial charge in [-0.1, -0.05) is 32.1 Å². The van der Waals surface area contributed by atoms with Crippen LogP contribution in [0, 0.1) is 6.92 Å². The van der Waals surface area contributed by atoms with Crippen molar-refractivity contribution in [2.24, 2.45) is 0 Å². The second-order valence-corrected chi connectivity index (χ2v) is 4.26. The first kappa shape index (κ1) is 12.8. The lowest BCUT2D eigenvalue weighted by molar-refractivity contribution is 0.474. The number of hydrogen-bond donors (Lipinski definition) is 1. The van der Waals surface area contributed by atoms with Gasteiger partial charge in [0.2, 0.25) is 0 Å². The van der Waals surface area contributed by atoms with E-state index in [1.54, 1.807) is 6.07 Å². The van der Waals surface area contributed by atoms with Gasteiger partial charge in [-0.25, -0.2) is 0 Å². The Hall–Kier alpha value is -1.24. The summed E-state index contributed by atoms with van der Waals surface area (Å²) < 4.78 is 0. The number of aromatic hydroxyl groups is 1. The van der Waals surface area contributed by atoms with Crippen LogP contribution in [-0.4, -0.2) is 5.11 Å². The van der Waals surface area contributed by atoms with Gasteiger partial charge in [-0.2, -0.15) is 0 Å².